The molecule has 25 heavy (non-hydrogen) atoms. The number of aromatic amines is 1. The molecular formula is C14H10ClFN6O3. The molecule has 11 heteroatoms. The Balaban J connectivity index is 1.79. The maximum Gasteiger partial charge on any atom is 0.319 e. The number of aromatic nitrogens is 4. The van der Waals surface area contributed by atoms with Gasteiger partial charge in [0.2, 0.25) is 5.69 Å². The van der Waals surface area contributed by atoms with Crippen LogP contribution in [0.25, 0.3) is 0 Å². The van der Waals surface area contributed by atoms with Crippen molar-refractivity contribution in [3.05, 3.63) is 68.9 Å². The highest BCUT2D eigenvalue weighted by molar-refractivity contribution is 6.33. The van der Waals surface area contributed by atoms with E-state index < -0.39 is 22.3 Å². The lowest BCUT2D eigenvalue weighted by Gasteiger charge is -2.03. The molecule has 0 saturated carbocycles. The number of hydrogen-bond donors (Lipinski definition) is 2. The average molecular weight is 365 g/mol. The van der Waals surface area contributed by atoms with Crippen LogP contribution in [-0.2, 0) is 6.54 Å². The van der Waals surface area contributed by atoms with Crippen molar-refractivity contribution >= 4 is 29.0 Å². The highest BCUT2D eigenvalue weighted by Crippen LogP contribution is 2.22. The number of carbonyl (C=O) groups is 1. The lowest BCUT2D eigenvalue weighted by atomic mass is 10.2. The van der Waals surface area contributed by atoms with Crippen LogP contribution in [0.5, 0.6) is 0 Å². The van der Waals surface area contributed by atoms with Crippen molar-refractivity contribution in [3.63, 3.8) is 0 Å². The minimum absolute atomic E-state index is 0.00750. The standard InChI is InChI=1S/C14H10ClFN6O3/c15-9-7-21(6-8-3-1-2-4-10(8)16)20-13(9)18-14(23)12-11(22(24)25)5-17-19-12/h1-5,7H,6H2,(H,17,19)(H,18,20,23). The third-order valence-corrected chi connectivity index (χ3v) is 3.56. The van der Waals surface area contributed by atoms with Crippen molar-refractivity contribution < 1.29 is 14.1 Å². The second-order valence-electron chi connectivity index (χ2n) is 4.96. The van der Waals surface area contributed by atoms with Gasteiger partial charge in [0.15, 0.2) is 5.82 Å². The summed E-state index contributed by atoms with van der Waals surface area (Å²) in [5.74, 6) is -1.22. The molecule has 2 heterocycles. The van der Waals surface area contributed by atoms with E-state index in [1.54, 1.807) is 18.2 Å². The predicted molar refractivity (Wildman–Crippen MR) is 85.9 cm³/mol. The van der Waals surface area contributed by atoms with Crippen molar-refractivity contribution in [2.24, 2.45) is 0 Å². The molecule has 128 valence electrons. The van der Waals surface area contributed by atoms with E-state index in [2.05, 4.69) is 20.6 Å². The van der Waals surface area contributed by atoms with Crippen molar-refractivity contribution in [1.82, 2.24) is 20.0 Å². The average Bonchev–Trinajstić information content (AvgIpc) is 3.17. The molecule has 0 aliphatic heterocycles. The topological polar surface area (TPSA) is 119 Å². The Morgan fingerprint density at radius 3 is 2.92 bits per heavy atom. The largest absolute Gasteiger partial charge is 0.319 e. The van der Waals surface area contributed by atoms with E-state index in [0.29, 0.717) is 5.56 Å². The van der Waals surface area contributed by atoms with Gasteiger partial charge in [0.25, 0.3) is 5.91 Å². The Morgan fingerprint density at radius 1 is 1.44 bits per heavy atom. The zero-order valence-electron chi connectivity index (χ0n) is 12.4. The van der Waals surface area contributed by atoms with Crippen LogP contribution in [0.4, 0.5) is 15.9 Å². The summed E-state index contributed by atoms with van der Waals surface area (Å²) in [7, 11) is 0. The van der Waals surface area contributed by atoms with Crippen LogP contribution >= 0.6 is 11.6 Å². The fourth-order valence-corrected chi connectivity index (χ4v) is 2.32. The van der Waals surface area contributed by atoms with Gasteiger partial charge in [0.1, 0.15) is 17.0 Å². The van der Waals surface area contributed by atoms with Crippen LogP contribution in [0.1, 0.15) is 16.1 Å². The maximum absolute atomic E-state index is 13.7. The second-order valence-corrected chi connectivity index (χ2v) is 5.36. The molecule has 2 aromatic heterocycles. The van der Waals surface area contributed by atoms with Crippen molar-refractivity contribution in [2.75, 3.05) is 5.32 Å². The number of nitro groups is 1. The first-order chi connectivity index (χ1) is 12.0. The lowest BCUT2D eigenvalue weighted by molar-refractivity contribution is -0.385. The third kappa shape index (κ3) is 3.48. The number of nitrogens with zero attached hydrogens (tertiary/aromatic N) is 4. The maximum atomic E-state index is 13.7. The van der Waals surface area contributed by atoms with Gasteiger partial charge >= 0.3 is 5.69 Å². The first-order valence-electron chi connectivity index (χ1n) is 6.91. The van der Waals surface area contributed by atoms with Crippen LogP contribution in [0.15, 0.2) is 36.7 Å². The fraction of sp³-hybridized carbons (Fsp3) is 0.0714. The van der Waals surface area contributed by atoms with E-state index in [0.717, 1.165) is 6.20 Å². The Kier molecular flexibility index (Phi) is 4.44. The van der Waals surface area contributed by atoms with Crippen LogP contribution < -0.4 is 5.32 Å². The minimum Gasteiger partial charge on any atom is -0.302 e. The molecular weight excluding hydrogens is 355 g/mol. The monoisotopic (exact) mass is 364 g/mol. The van der Waals surface area contributed by atoms with Crippen molar-refractivity contribution in [3.8, 4) is 0 Å². The smallest absolute Gasteiger partial charge is 0.302 e. The molecule has 0 unspecified atom stereocenters. The van der Waals surface area contributed by atoms with Crippen molar-refractivity contribution in [1.29, 1.82) is 0 Å². The molecule has 0 atom stereocenters. The zero-order chi connectivity index (χ0) is 18.0. The second kappa shape index (κ2) is 6.69. The van der Waals surface area contributed by atoms with Crippen LogP contribution in [0, 0.1) is 15.9 Å². The molecule has 9 nitrogen and oxygen atoms in total. The van der Waals surface area contributed by atoms with E-state index in [1.165, 1.54) is 16.9 Å². The van der Waals surface area contributed by atoms with Gasteiger partial charge in [0, 0.05) is 11.8 Å². The molecule has 1 amide bonds. The van der Waals surface area contributed by atoms with Gasteiger partial charge in [-0.2, -0.15) is 10.2 Å². The van der Waals surface area contributed by atoms with Crippen LogP contribution in [0.3, 0.4) is 0 Å². The predicted octanol–water partition coefficient (Wildman–Crippen LogP) is 2.61. The number of amides is 1. The van der Waals surface area contributed by atoms with Crippen LogP contribution in [0.2, 0.25) is 5.02 Å². The number of nitrogens with one attached hydrogen (secondary N) is 2. The molecule has 2 N–H and O–H groups in total. The van der Waals surface area contributed by atoms with Gasteiger partial charge in [-0.05, 0) is 6.07 Å². The molecule has 3 rings (SSSR count). The number of anilines is 1. The van der Waals surface area contributed by atoms with E-state index >= 15 is 0 Å². The van der Waals surface area contributed by atoms with Crippen molar-refractivity contribution in [2.45, 2.75) is 6.54 Å². The molecule has 0 fully saturated rings. The summed E-state index contributed by atoms with van der Waals surface area (Å²) < 4.78 is 15.0. The van der Waals surface area contributed by atoms with E-state index in [1.807, 2.05) is 0 Å². The molecule has 0 saturated heterocycles. The molecule has 0 aliphatic carbocycles. The number of H-pyrrole nitrogens is 1. The SMILES string of the molecule is O=C(Nc1nn(Cc2ccccc2F)cc1Cl)c1[nH]ncc1[N+](=O)[O-]. The number of hydrogen-bond acceptors (Lipinski definition) is 5. The van der Waals surface area contributed by atoms with E-state index in [4.69, 9.17) is 11.6 Å². The van der Waals surface area contributed by atoms with Gasteiger partial charge in [-0.25, -0.2) is 4.39 Å². The summed E-state index contributed by atoms with van der Waals surface area (Å²) in [5.41, 5.74) is -0.409. The van der Waals surface area contributed by atoms with Gasteiger partial charge in [-0.3, -0.25) is 24.7 Å². The lowest BCUT2D eigenvalue weighted by Crippen LogP contribution is -2.15. The first kappa shape index (κ1) is 16.6. The quantitative estimate of drug-likeness (QED) is 0.532. The molecule has 0 aliphatic rings. The van der Waals surface area contributed by atoms with Gasteiger partial charge in [-0.1, -0.05) is 29.8 Å². The van der Waals surface area contributed by atoms with Crippen LogP contribution in [-0.4, -0.2) is 30.8 Å². The van der Waals surface area contributed by atoms with E-state index in [9.17, 15) is 19.3 Å². The Bertz CT molecular complexity index is 954. The van der Waals surface area contributed by atoms with Gasteiger partial charge in [-0.15, -0.1) is 0 Å². The Labute approximate surface area is 144 Å². The first-order valence-corrected chi connectivity index (χ1v) is 7.29. The molecule has 0 spiro atoms. The number of benzene rings is 1. The number of carbonyl (C=O) groups excluding carboxylic acids is 1. The van der Waals surface area contributed by atoms with Gasteiger partial charge < -0.3 is 5.32 Å². The highest BCUT2D eigenvalue weighted by atomic mass is 35.5. The zero-order valence-corrected chi connectivity index (χ0v) is 13.2. The Morgan fingerprint density at radius 2 is 2.20 bits per heavy atom. The molecule has 0 radical (unpaired) electrons. The normalized spacial score (nSPS) is 10.6. The fourth-order valence-electron chi connectivity index (χ4n) is 2.12. The van der Waals surface area contributed by atoms with E-state index in [-0.39, 0.29) is 23.1 Å². The third-order valence-electron chi connectivity index (χ3n) is 3.28. The summed E-state index contributed by atoms with van der Waals surface area (Å²) >= 11 is 6.01. The number of halogens is 2. The summed E-state index contributed by atoms with van der Waals surface area (Å²) in [5, 5.41) is 23.1. The summed E-state index contributed by atoms with van der Waals surface area (Å²) in [6, 6.07) is 6.17. The molecule has 0 bridgehead atoms. The molecule has 1 aromatic carbocycles. The molecule has 3 aromatic rings. The minimum atomic E-state index is -0.817. The highest BCUT2D eigenvalue weighted by Gasteiger charge is 2.24. The number of rotatable bonds is 5. The summed E-state index contributed by atoms with van der Waals surface area (Å²) in [6.07, 6.45) is 2.33. The summed E-state index contributed by atoms with van der Waals surface area (Å²) in [4.78, 5) is 22.2. The van der Waals surface area contributed by atoms with Gasteiger partial charge in [0.05, 0.1) is 11.5 Å². The summed E-state index contributed by atoms with van der Waals surface area (Å²) in [6.45, 7) is 0.104. The Hall–Kier alpha value is -3.27.